The molecule has 0 amide bonds. The number of rotatable bonds is 5. The molecule has 0 radical (unpaired) electrons. The number of allylic oxidation sites excluding steroid dienone is 1. The van der Waals surface area contributed by atoms with Gasteiger partial charge < -0.3 is 0 Å². The molecule has 0 aliphatic rings. The van der Waals surface area contributed by atoms with Gasteiger partial charge in [-0.05, 0) is 0 Å². The van der Waals surface area contributed by atoms with E-state index in [1.54, 1.807) is 0 Å². The molecule has 0 saturated heterocycles. The first-order valence-corrected chi connectivity index (χ1v) is 17.2. The Kier molecular flexibility index (Phi) is 6.79. The number of fused-ring (bicyclic) bond motifs is 4. The predicted octanol–water partition coefficient (Wildman–Crippen LogP) is 9.75. The summed E-state index contributed by atoms with van der Waals surface area (Å²) in [6, 6.07) is 54.7. The SMILES string of the molecule is C/C(=C\c1[c]([Tl])n(-c2ccccc2)c2ccccc12)c1cccc2c3ccccc3n(-c3ccc(-c4ccccc4)cc3)c12. The van der Waals surface area contributed by atoms with Crippen LogP contribution in [0.3, 0.4) is 0 Å². The first kappa shape index (κ1) is 26.9. The van der Waals surface area contributed by atoms with Gasteiger partial charge in [0.15, 0.2) is 0 Å². The Hall–Kier alpha value is -4.68. The van der Waals surface area contributed by atoms with Gasteiger partial charge in [0.05, 0.1) is 0 Å². The minimum atomic E-state index is 0.664. The van der Waals surface area contributed by atoms with Gasteiger partial charge in [-0.25, -0.2) is 0 Å². The Labute approximate surface area is 273 Å². The number of aromatic nitrogens is 2. The molecular weight excluding hydrogens is 725 g/mol. The zero-order valence-electron chi connectivity index (χ0n) is 24.5. The van der Waals surface area contributed by atoms with E-state index in [-0.39, 0.29) is 0 Å². The number of hydrogen-bond acceptors (Lipinski definition) is 0. The third-order valence-electron chi connectivity index (χ3n) is 8.68. The fourth-order valence-electron chi connectivity index (χ4n) is 6.62. The molecule has 0 fully saturated rings. The molecule has 0 unspecified atom stereocenters. The van der Waals surface area contributed by atoms with E-state index in [4.69, 9.17) is 0 Å². The van der Waals surface area contributed by atoms with Crippen LogP contribution in [-0.4, -0.2) is 34.9 Å². The average molecular weight is 754 g/mol. The van der Waals surface area contributed by atoms with E-state index in [1.807, 2.05) is 0 Å². The van der Waals surface area contributed by atoms with Crippen LogP contribution < -0.4 is 3.25 Å². The first-order valence-electron chi connectivity index (χ1n) is 15.0. The summed E-state index contributed by atoms with van der Waals surface area (Å²) < 4.78 is 6.30. The molecule has 8 rings (SSSR count). The normalized spacial score (nSPS) is 12.0. The van der Waals surface area contributed by atoms with E-state index >= 15 is 0 Å². The summed E-state index contributed by atoms with van der Waals surface area (Å²) in [6.45, 7) is 2.27. The monoisotopic (exact) mass is 754 g/mol. The van der Waals surface area contributed by atoms with Crippen LogP contribution in [0.5, 0.6) is 0 Å². The molecule has 44 heavy (non-hydrogen) atoms. The van der Waals surface area contributed by atoms with Gasteiger partial charge in [-0.1, -0.05) is 30.3 Å². The van der Waals surface area contributed by atoms with Crippen LogP contribution in [0.4, 0.5) is 0 Å². The number of para-hydroxylation sites is 4. The van der Waals surface area contributed by atoms with E-state index in [0.717, 1.165) is 0 Å². The van der Waals surface area contributed by atoms with Crippen LogP contribution in [0.25, 0.3) is 66.9 Å². The summed E-state index contributed by atoms with van der Waals surface area (Å²) >= 11 is 0.664. The van der Waals surface area contributed by atoms with Crippen LogP contribution in [-0.2, 0) is 0 Å². The Morgan fingerprint density at radius 2 is 1.05 bits per heavy atom. The third kappa shape index (κ3) is 4.44. The van der Waals surface area contributed by atoms with Crippen molar-refractivity contribution in [1.82, 2.24) is 9.13 Å². The van der Waals surface area contributed by atoms with Crippen molar-refractivity contribution in [2.24, 2.45) is 0 Å². The van der Waals surface area contributed by atoms with Gasteiger partial charge in [-0.2, -0.15) is 0 Å². The maximum atomic E-state index is 2.45. The number of benzene rings is 6. The van der Waals surface area contributed by atoms with Crippen LogP contribution >= 0.6 is 0 Å². The first-order chi connectivity index (χ1) is 21.7. The second kappa shape index (κ2) is 11.1. The molecule has 0 saturated carbocycles. The molecule has 2 nitrogen and oxygen atoms in total. The molecule has 0 N–H and O–H groups in total. The molecule has 0 bridgehead atoms. The fraction of sp³-hybridized carbons (Fsp3) is 0.0244. The van der Waals surface area contributed by atoms with Gasteiger partial charge in [0, 0.05) is 0 Å². The molecule has 8 aromatic rings. The molecule has 0 spiro atoms. The number of hydrogen-bond donors (Lipinski definition) is 0. The molecule has 0 aliphatic heterocycles. The van der Waals surface area contributed by atoms with E-state index in [9.17, 15) is 0 Å². The summed E-state index contributed by atoms with van der Waals surface area (Å²) in [5.41, 5.74) is 12.4. The average Bonchev–Trinajstić information content (AvgIpc) is 3.57. The van der Waals surface area contributed by atoms with Crippen molar-refractivity contribution < 1.29 is 0 Å². The summed E-state index contributed by atoms with van der Waals surface area (Å²) in [5, 5.41) is 3.85. The van der Waals surface area contributed by atoms with Crippen molar-refractivity contribution in [3.8, 4) is 22.5 Å². The Morgan fingerprint density at radius 1 is 0.500 bits per heavy atom. The molecule has 2 heterocycles. The van der Waals surface area contributed by atoms with E-state index < -0.39 is 0 Å². The van der Waals surface area contributed by atoms with Crippen molar-refractivity contribution in [3.63, 3.8) is 0 Å². The second-order valence-electron chi connectivity index (χ2n) is 11.3. The van der Waals surface area contributed by atoms with Gasteiger partial charge in [-0.15, -0.1) is 0 Å². The van der Waals surface area contributed by atoms with Crippen molar-refractivity contribution in [2.75, 3.05) is 0 Å². The van der Waals surface area contributed by atoms with Crippen molar-refractivity contribution in [3.05, 3.63) is 163 Å². The van der Waals surface area contributed by atoms with Crippen molar-refractivity contribution in [2.45, 2.75) is 6.92 Å². The molecule has 2 aromatic heterocycles. The Bertz CT molecular complexity index is 2320. The second-order valence-corrected chi connectivity index (χ2v) is 13.4. The molecule has 0 atom stereocenters. The van der Waals surface area contributed by atoms with Gasteiger partial charge in [-0.3, -0.25) is 0 Å². The van der Waals surface area contributed by atoms with Crippen LogP contribution in [0, 0.1) is 0 Å². The standard InChI is InChI=1S/C41H29N2.Tl/c1-29(27-32-28-42(33-15-6-3-7-16-33)39-21-10-8-17-36(32)39)35-19-12-20-38-37-18-9-11-22-40(37)43(41(35)38)34-25-23-31(24-26-34)30-13-4-2-5-14-30;/h2-27H,1H3;/b29-27+;. The fourth-order valence-corrected chi connectivity index (χ4v) is 8.67. The van der Waals surface area contributed by atoms with E-state index in [0.29, 0.717) is 25.8 Å². The zero-order chi connectivity index (χ0) is 29.6. The number of nitrogens with zero attached hydrogens (tertiary/aromatic N) is 2. The maximum absolute atomic E-state index is 2.45. The predicted molar refractivity (Wildman–Crippen MR) is 188 cm³/mol. The van der Waals surface area contributed by atoms with Gasteiger partial charge in [0.2, 0.25) is 0 Å². The molecule has 206 valence electrons. The van der Waals surface area contributed by atoms with Crippen molar-refractivity contribution in [1.29, 1.82) is 0 Å². The summed E-state index contributed by atoms with van der Waals surface area (Å²) in [7, 11) is 0. The van der Waals surface area contributed by atoms with Gasteiger partial charge in [0.1, 0.15) is 0 Å². The molecule has 6 aromatic carbocycles. The van der Waals surface area contributed by atoms with Crippen LogP contribution in [0.15, 0.2) is 152 Å². The Morgan fingerprint density at radius 3 is 1.77 bits per heavy atom. The Balaban J connectivity index is 1.34. The molecular formula is C41H29N2Tl. The topological polar surface area (TPSA) is 9.86 Å². The summed E-state index contributed by atoms with van der Waals surface area (Å²) in [6.07, 6.45) is 2.42. The summed E-state index contributed by atoms with van der Waals surface area (Å²) in [5.74, 6) is 0. The van der Waals surface area contributed by atoms with E-state index in [1.165, 1.54) is 75.2 Å². The summed E-state index contributed by atoms with van der Waals surface area (Å²) in [4.78, 5) is 0. The van der Waals surface area contributed by atoms with E-state index in [2.05, 4.69) is 174 Å². The quantitative estimate of drug-likeness (QED) is 0.155. The molecule has 0 aliphatic carbocycles. The van der Waals surface area contributed by atoms with Gasteiger partial charge >= 0.3 is 244 Å². The van der Waals surface area contributed by atoms with Gasteiger partial charge in [0.25, 0.3) is 0 Å². The third-order valence-corrected chi connectivity index (χ3v) is 10.9. The van der Waals surface area contributed by atoms with Crippen molar-refractivity contribution >= 4 is 73.4 Å². The van der Waals surface area contributed by atoms with Crippen LogP contribution in [0.1, 0.15) is 18.1 Å². The minimum absolute atomic E-state index is 0.664. The van der Waals surface area contributed by atoms with Crippen LogP contribution in [0.2, 0.25) is 0 Å². The zero-order valence-corrected chi connectivity index (χ0v) is 29.0. The molecule has 3 heteroatoms.